The number of aromatic nitrogens is 1. The number of carbonyl (C=O) groups is 2. The summed E-state index contributed by atoms with van der Waals surface area (Å²) in [6.45, 7) is 3.39. The van der Waals surface area contributed by atoms with E-state index in [0.717, 1.165) is 33.3 Å². The van der Waals surface area contributed by atoms with Gasteiger partial charge in [0.25, 0.3) is 0 Å². The third kappa shape index (κ3) is 7.41. The summed E-state index contributed by atoms with van der Waals surface area (Å²) in [5, 5.41) is 11.7. The Morgan fingerprint density at radius 3 is 2.37 bits per heavy atom. The van der Waals surface area contributed by atoms with Crippen LogP contribution in [0.15, 0.2) is 83.1 Å². The molecule has 0 saturated heterocycles. The summed E-state index contributed by atoms with van der Waals surface area (Å²) in [7, 11) is 1.63. The van der Waals surface area contributed by atoms with Crippen LogP contribution in [0.4, 0.5) is 16.5 Å². The van der Waals surface area contributed by atoms with Crippen molar-refractivity contribution in [2.24, 2.45) is 0 Å². The summed E-state index contributed by atoms with van der Waals surface area (Å²) >= 11 is 8.26. The molecule has 1 atom stereocenters. The number of ether oxygens (including phenoxy) is 1. The molecule has 0 fully saturated rings. The highest BCUT2D eigenvalue weighted by Gasteiger charge is 2.17. The van der Waals surface area contributed by atoms with Gasteiger partial charge in [0.1, 0.15) is 5.75 Å². The normalized spacial score (nSPS) is 11.3. The van der Waals surface area contributed by atoms with Gasteiger partial charge >= 0.3 is 0 Å². The number of nitrogens with one attached hydrogen (secondary N) is 3. The average Bonchev–Trinajstić information content (AvgIpc) is 3.37. The van der Waals surface area contributed by atoms with E-state index in [4.69, 9.17) is 17.0 Å². The number of methoxy groups -OCH3 is 1. The Labute approximate surface area is 235 Å². The molecule has 0 aliphatic rings. The van der Waals surface area contributed by atoms with Crippen molar-refractivity contribution in [3.8, 4) is 17.0 Å². The number of benzene rings is 3. The van der Waals surface area contributed by atoms with Crippen molar-refractivity contribution in [3.63, 3.8) is 0 Å². The van der Waals surface area contributed by atoms with E-state index in [1.165, 1.54) is 30.0 Å². The van der Waals surface area contributed by atoms with E-state index in [-0.39, 0.29) is 16.9 Å². The summed E-state index contributed by atoms with van der Waals surface area (Å²) in [4.78, 5) is 29.7. The van der Waals surface area contributed by atoms with Gasteiger partial charge in [0.2, 0.25) is 5.91 Å². The zero-order valence-corrected chi connectivity index (χ0v) is 23.4. The van der Waals surface area contributed by atoms with Gasteiger partial charge in [-0.3, -0.25) is 9.59 Å². The van der Waals surface area contributed by atoms with Crippen LogP contribution in [0.25, 0.3) is 11.3 Å². The molecular formula is C28H26N4O3S3. The zero-order chi connectivity index (χ0) is 27.1. The number of anilines is 3. The molecule has 0 aliphatic heterocycles. The van der Waals surface area contributed by atoms with Gasteiger partial charge in [0.15, 0.2) is 16.0 Å². The lowest BCUT2D eigenvalue weighted by atomic mass is 10.1. The number of thiocarbonyl (C=S) groups is 1. The maximum absolute atomic E-state index is 12.8. The number of Topliss-reactive ketones (excluding diaryl/α,β-unsaturated/α-hetero) is 1. The monoisotopic (exact) mass is 562 g/mol. The minimum Gasteiger partial charge on any atom is -0.497 e. The Morgan fingerprint density at radius 2 is 1.68 bits per heavy atom. The first kappa shape index (κ1) is 27.3. The second-order valence-electron chi connectivity index (χ2n) is 8.26. The molecule has 194 valence electrons. The van der Waals surface area contributed by atoms with E-state index in [1.54, 1.807) is 31.4 Å². The minimum atomic E-state index is -0.344. The Kier molecular flexibility index (Phi) is 9.11. The van der Waals surface area contributed by atoms with Crippen molar-refractivity contribution in [3.05, 3.63) is 83.7 Å². The maximum atomic E-state index is 12.8. The summed E-state index contributed by atoms with van der Waals surface area (Å²) in [5.41, 5.74) is 3.97. The van der Waals surface area contributed by atoms with Crippen molar-refractivity contribution < 1.29 is 14.3 Å². The number of hydrogen-bond acceptors (Lipinski definition) is 7. The van der Waals surface area contributed by atoms with Gasteiger partial charge in [-0.2, -0.15) is 0 Å². The van der Waals surface area contributed by atoms with Gasteiger partial charge in [-0.05, 0) is 92.8 Å². The number of amides is 1. The van der Waals surface area contributed by atoms with E-state index in [2.05, 4.69) is 20.9 Å². The van der Waals surface area contributed by atoms with E-state index < -0.39 is 0 Å². The molecule has 0 saturated carbocycles. The molecule has 38 heavy (non-hydrogen) atoms. The highest BCUT2D eigenvalue weighted by molar-refractivity contribution is 8.00. The van der Waals surface area contributed by atoms with Crippen molar-refractivity contribution in [2.45, 2.75) is 24.0 Å². The van der Waals surface area contributed by atoms with Crippen LogP contribution >= 0.6 is 35.3 Å². The molecule has 0 aliphatic carbocycles. The lowest BCUT2D eigenvalue weighted by Crippen LogP contribution is -2.22. The number of ketones is 1. The molecule has 0 spiro atoms. The van der Waals surface area contributed by atoms with Crippen molar-refractivity contribution in [1.82, 2.24) is 4.98 Å². The summed E-state index contributed by atoms with van der Waals surface area (Å²) in [6, 6.07) is 22.4. The Hall–Kier alpha value is -3.73. The van der Waals surface area contributed by atoms with E-state index in [1.807, 2.05) is 60.8 Å². The third-order valence-corrected chi connectivity index (χ3v) is 7.50. The second kappa shape index (κ2) is 12.7. The predicted molar refractivity (Wildman–Crippen MR) is 161 cm³/mol. The lowest BCUT2D eigenvalue weighted by molar-refractivity contribution is -0.115. The maximum Gasteiger partial charge on any atom is 0.239 e. The first-order valence-electron chi connectivity index (χ1n) is 11.7. The van der Waals surface area contributed by atoms with Crippen LogP contribution in [0.5, 0.6) is 5.75 Å². The topological polar surface area (TPSA) is 92.4 Å². The molecular weight excluding hydrogens is 537 g/mol. The Morgan fingerprint density at radius 1 is 0.974 bits per heavy atom. The van der Waals surface area contributed by atoms with Crippen LogP contribution in [-0.4, -0.2) is 34.1 Å². The highest BCUT2D eigenvalue weighted by Crippen LogP contribution is 2.29. The SMILES string of the molecule is COc1ccc(-c2csc(NC(=O)C(C)Sc3cccc(NC(=S)Nc4ccc(C(C)=O)cc4)c3)n2)cc1. The lowest BCUT2D eigenvalue weighted by Gasteiger charge is -2.13. The summed E-state index contributed by atoms with van der Waals surface area (Å²) < 4.78 is 5.20. The highest BCUT2D eigenvalue weighted by atomic mass is 32.2. The molecule has 10 heteroatoms. The fourth-order valence-electron chi connectivity index (χ4n) is 3.42. The van der Waals surface area contributed by atoms with Gasteiger partial charge in [0.05, 0.1) is 18.1 Å². The van der Waals surface area contributed by atoms with Crippen LogP contribution in [0.1, 0.15) is 24.2 Å². The smallest absolute Gasteiger partial charge is 0.239 e. The summed E-state index contributed by atoms with van der Waals surface area (Å²) in [6.07, 6.45) is 0. The van der Waals surface area contributed by atoms with Crippen LogP contribution in [-0.2, 0) is 4.79 Å². The molecule has 1 amide bonds. The first-order valence-corrected chi connectivity index (χ1v) is 13.8. The molecule has 1 unspecified atom stereocenters. The van der Waals surface area contributed by atoms with Crippen LogP contribution < -0.4 is 20.7 Å². The van der Waals surface area contributed by atoms with Crippen molar-refractivity contribution >= 4 is 68.6 Å². The van der Waals surface area contributed by atoms with Crippen LogP contribution in [0.2, 0.25) is 0 Å². The number of hydrogen-bond donors (Lipinski definition) is 3. The van der Waals surface area contributed by atoms with Gasteiger partial charge in [0, 0.05) is 32.8 Å². The van der Waals surface area contributed by atoms with Crippen molar-refractivity contribution in [2.75, 3.05) is 23.1 Å². The number of carbonyl (C=O) groups excluding carboxylic acids is 2. The predicted octanol–water partition coefficient (Wildman–Crippen LogP) is 6.95. The zero-order valence-electron chi connectivity index (χ0n) is 21.0. The van der Waals surface area contributed by atoms with Gasteiger partial charge < -0.3 is 20.7 Å². The van der Waals surface area contributed by atoms with E-state index in [9.17, 15) is 9.59 Å². The van der Waals surface area contributed by atoms with Crippen molar-refractivity contribution in [1.29, 1.82) is 0 Å². The van der Waals surface area contributed by atoms with E-state index >= 15 is 0 Å². The molecule has 1 aromatic heterocycles. The average molecular weight is 563 g/mol. The minimum absolute atomic E-state index is 0.0134. The van der Waals surface area contributed by atoms with Gasteiger partial charge in [-0.25, -0.2) is 4.98 Å². The third-order valence-electron chi connectivity index (χ3n) is 5.44. The molecule has 0 radical (unpaired) electrons. The Balaban J connectivity index is 1.31. The number of thiazole rings is 1. The number of rotatable bonds is 9. The standard InChI is InChI=1S/C28H26N4O3S3/c1-17(33)19-7-11-21(12-8-19)29-27(36)30-22-5-4-6-24(15-22)38-18(2)26(34)32-28-31-25(16-37-28)20-9-13-23(35-3)14-10-20/h4-16,18H,1-3H3,(H2,29,30,36)(H,31,32,34). The number of thioether (sulfide) groups is 1. The largest absolute Gasteiger partial charge is 0.497 e. The van der Waals surface area contributed by atoms with Gasteiger partial charge in [-0.15, -0.1) is 23.1 Å². The van der Waals surface area contributed by atoms with Crippen LogP contribution in [0, 0.1) is 0 Å². The fraction of sp³-hybridized carbons (Fsp3) is 0.143. The van der Waals surface area contributed by atoms with E-state index in [0.29, 0.717) is 15.8 Å². The molecule has 1 heterocycles. The molecule has 4 rings (SSSR count). The molecule has 3 N–H and O–H groups in total. The fourth-order valence-corrected chi connectivity index (χ4v) is 5.30. The summed E-state index contributed by atoms with van der Waals surface area (Å²) in [5.74, 6) is 0.663. The second-order valence-corrected chi connectivity index (χ2v) is 10.9. The molecule has 7 nitrogen and oxygen atoms in total. The van der Waals surface area contributed by atoms with Crippen LogP contribution in [0.3, 0.4) is 0 Å². The number of nitrogens with zero attached hydrogens (tertiary/aromatic N) is 1. The molecule has 3 aromatic carbocycles. The quantitative estimate of drug-likeness (QED) is 0.115. The first-order chi connectivity index (χ1) is 18.3. The Bertz CT molecular complexity index is 1440. The van der Waals surface area contributed by atoms with Gasteiger partial charge in [-0.1, -0.05) is 6.07 Å². The molecule has 4 aromatic rings. The molecule has 0 bridgehead atoms.